The van der Waals surface area contributed by atoms with E-state index in [0.717, 1.165) is 21.8 Å². The number of hydrogen-bond acceptors (Lipinski definition) is 3. The number of rotatable bonds is 3. The van der Waals surface area contributed by atoms with Gasteiger partial charge in [-0.3, -0.25) is 0 Å². The zero-order valence-electron chi connectivity index (χ0n) is 9.86. The molecule has 2 rings (SSSR count). The summed E-state index contributed by atoms with van der Waals surface area (Å²) < 4.78 is 5.42. The topological polar surface area (TPSA) is 33.0 Å². The Morgan fingerprint density at radius 2 is 2.24 bits per heavy atom. The number of hydrogen-bond donors (Lipinski definition) is 0. The molecule has 0 fully saturated rings. The molecule has 0 amide bonds. The second kappa shape index (κ2) is 5.03. The Bertz CT molecular complexity index is 566. The molecule has 0 radical (unpaired) electrons. The lowest BCUT2D eigenvalue weighted by Crippen LogP contribution is -1.88. The van der Waals surface area contributed by atoms with Crippen LogP contribution in [0.25, 0.3) is 10.4 Å². The molecule has 0 aliphatic heterocycles. The van der Waals surface area contributed by atoms with E-state index in [1.54, 1.807) is 18.4 Å². The highest BCUT2D eigenvalue weighted by Gasteiger charge is 2.13. The van der Waals surface area contributed by atoms with Crippen molar-refractivity contribution < 1.29 is 4.74 Å². The van der Waals surface area contributed by atoms with Crippen LogP contribution >= 0.6 is 11.3 Å². The highest BCUT2D eigenvalue weighted by molar-refractivity contribution is 7.14. The predicted molar refractivity (Wildman–Crippen MR) is 70.4 cm³/mol. The van der Waals surface area contributed by atoms with Gasteiger partial charge in [0.1, 0.15) is 5.75 Å². The third-order valence-electron chi connectivity index (χ3n) is 2.57. The lowest BCUT2D eigenvalue weighted by atomic mass is 10.1. The minimum Gasteiger partial charge on any atom is -0.495 e. The van der Waals surface area contributed by atoms with Gasteiger partial charge in [0.15, 0.2) is 0 Å². The maximum Gasteiger partial charge on any atom is 0.141 e. The van der Waals surface area contributed by atoms with Crippen molar-refractivity contribution in [2.24, 2.45) is 0 Å². The average Bonchev–Trinajstić information content (AvgIpc) is 2.72. The van der Waals surface area contributed by atoms with Crippen molar-refractivity contribution in [2.45, 2.75) is 13.3 Å². The molecule has 1 aromatic heterocycles. The molecule has 2 aromatic rings. The fraction of sp³-hybridized carbons (Fsp3) is 0.214. The molecule has 0 atom stereocenters. The second-order valence-electron chi connectivity index (χ2n) is 3.83. The normalized spacial score (nSPS) is 9.94. The van der Waals surface area contributed by atoms with E-state index in [-0.39, 0.29) is 0 Å². The van der Waals surface area contributed by atoms with Crippen molar-refractivity contribution in [2.75, 3.05) is 7.11 Å². The Morgan fingerprint density at radius 3 is 2.88 bits per heavy atom. The molecule has 0 unspecified atom stereocenters. The molecule has 0 aliphatic carbocycles. The Balaban J connectivity index is 2.49. The largest absolute Gasteiger partial charge is 0.495 e. The van der Waals surface area contributed by atoms with Gasteiger partial charge in [0.2, 0.25) is 0 Å². The van der Waals surface area contributed by atoms with Gasteiger partial charge in [-0.25, -0.2) is 0 Å². The zero-order valence-corrected chi connectivity index (χ0v) is 10.7. The molecule has 0 bridgehead atoms. The van der Waals surface area contributed by atoms with Gasteiger partial charge >= 0.3 is 0 Å². The summed E-state index contributed by atoms with van der Waals surface area (Å²) in [4.78, 5) is 1.10. The Kier molecular flexibility index (Phi) is 3.46. The number of benzene rings is 1. The molecule has 0 aliphatic rings. The van der Waals surface area contributed by atoms with Gasteiger partial charge in [-0.05, 0) is 17.9 Å². The molecular weight excluding hydrogens is 230 g/mol. The molecule has 0 N–H and O–H groups in total. The number of ether oxygens (including phenoxy) is 1. The van der Waals surface area contributed by atoms with E-state index in [1.165, 1.54) is 5.56 Å². The Labute approximate surface area is 105 Å². The molecule has 1 aromatic carbocycles. The van der Waals surface area contributed by atoms with E-state index < -0.39 is 0 Å². The number of aryl methyl sites for hydroxylation is 1. The first-order chi connectivity index (χ1) is 8.26. The Hall–Kier alpha value is -1.79. The van der Waals surface area contributed by atoms with Gasteiger partial charge < -0.3 is 4.74 Å². The summed E-state index contributed by atoms with van der Waals surface area (Å²) in [7, 11) is 1.65. The third kappa shape index (κ3) is 2.32. The zero-order chi connectivity index (χ0) is 12.3. The van der Waals surface area contributed by atoms with Gasteiger partial charge in [0, 0.05) is 5.56 Å². The standard InChI is InChI=1S/C14H13NOS/c1-10-4-3-5-11(8-10)14-13(16-2)12(6-7-15)9-17-14/h3-5,8-9H,6H2,1-2H3. The van der Waals surface area contributed by atoms with Crippen molar-refractivity contribution >= 4 is 11.3 Å². The summed E-state index contributed by atoms with van der Waals surface area (Å²) in [6.07, 6.45) is 0.394. The van der Waals surface area contributed by atoms with Crippen LogP contribution in [0.3, 0.4) is 0 Å². The summed E-state index contributed by atoms with van der Waals surface area (Å²) in [6, 6.07) is 10.5. The molecule has 3 heteroatoms. The van der Waals surface area contributed by atoms with Gasteiger partial charge in [-0.2, -0.15) is 5.26 Å². The van der Waals surface area contributed by atoms with E-state index in [4.69, 9.17) is 10.00 Å². The predicted octanol–water partition coefficient (Wildman–Crippen LogP) is 3.80. The quantitative estimate of drug-likeness (QED) is 0.821. The highest BCUT2D eigenvalue weighted by Crippen LogP contribution is 2.39. The van der Waals surface area contributed by atoms with Crippen molar-refractivity contribution in [1.29, 1.82) is 5.26 Å². The van der Waals surface area contributed by atoms with Crippen LogP contribution in [-0.2, 0) is 6.42 Å². The van der Waals surface area contributed by atoms with Crippen LogP contribution in [-0.4, -0.2) is 7.11 Å². The van der Waals surface area contributed by atoms with E-state index in [2.05, 4.69) is 31.2 Å². The molecule has 0 saturated heterocycles. The van der Waals surface area contributed by atoms with Crippen LogP contribution in [0.4, 0.5) is 0 Å². The summed E-state index contributed by atoms with van der Waals surface area (Å²) in [5.41, 5.74) is 3.34. The smallest absolute Gasteiger partial charge is 0.141 e. The molecular formula is C14H13NOS. The Morgan fingerprint density at radius 1 is 1.41 bits per heavy atom. The number of thiophene rings is 1. The van der Waals surface area contributed by atoms with Crippen molar-refractivity contribution in [3.8, 4) is 22.3 Å². The second-order valence-corrected chi connectivity index (χ2v) is 4.71. The number of nitrogens with zero attached hydrogens (tertiary/aromatic N) is 1. The van der Waals surface area contributed by atoms with Gasteiger partial charge in [0.05, 0.1) is 24.5 Å². The van der Waals surface area contributed by atoms with Crippen LogP contribution in [0.15, 0.2) is 29.6 Å². The SMILES string of the molecule is COc1c(CC#N)csc1-c1cccc(C)c1. The monoisotopic (exact) mass is 243 g/mol. The van der Waals surface area contributed by atoms with Gasteiger partial charge in [0.25, 0.3) is 0 Å². The van der Waals surface area contributed by atoms with Gasteiger partial charge in [-0.15, -0.1) is 11.3 Å². The van der Waals surface area contributed by atoms with E-state index in [1.807, 2.05) is 11.4 Å². The maximum atomic E-state index is 8.76. The van der Waals surface area contributed by atoms with E-state index in [9.17, 15) is 0 Å². The minimum absolute atomic E-state index is 0.394. The molecule has 86 valence electrons. The fourth-order valence-corrected chi connectivity index (χ4v) is 2.83. The first kappa shape index (κ1) is 11.7. The number of nitriles is 1. The van der Waals surface area contributed by atoms with Crippen molar-refractivity contribution in [3.63, 3.8) is 0 Å². The average molecular weight is 243 g/mol. The lowest BCUT2D eigenvalue weighted by molar-refractivity contribution is 0.414. The van der Waals surface area contributed by atoms with E-state index in [0.29, 0.717) is 6.42 Å². The molecule has 0 spiro atoms. The first-order valence-electron chi connectivity index (χ1n) is 5.34. The maximum absolute atomic E-state index is 8.76. The van der Waals surface area contributed by atoms with Crippen LogP contribution in [0, 0.1) is 18.3 Å². The van der Waals surface area contributed by atoms with Crippen LogP contribution in [0.5, 0.6) is 5.75 Å². The highest BCUT2D eigenvalue weighted by atomic mass is 32.1. The van der Waals surface area contributed by atoms with Crippen LogP contribution in [0.2, 0.25) is 0 Å². The van der Waals surface area contributed by atoms with Crippen LogP contribution in [0.1, 0.15) is 11.1 Å². The van der Waals surface area contributed by atoms with Crippen LogP contribution < -0.4 is 4.74 Å². The summed E-state index contributed by atoms with van der Waals surface area (Å²) in [5.74, 6) is 0.835. The molecule has 17 heavy (non-hydrogen) atoms. The van der Waals surface area contributed by atoms with Gasteiger partial charge in [-0.1, -0.05) is 29.8 Å². The minimum atomic E-state index is 0.394. The third-order valence-corrected chi connectivity index (χ3v) is 3.63. The lowest BCUT2D eigenvalue weighted by Gasteiger charge is -2.05. The fourth-order valence-electron chi connectivity index (χ4n) is 1.80. The summed E-state index contributed by atoms with van der Waals surface area (Å²) in [6.45, 7) is 2.07. The van der Waals surface area contributed by atoms with Crippen molar-refractivity contribution in [1.82, 2.24) is 0 Å². The van der Waals surface area contributed by atoms with E-state index >= 15 is 0 Å². The first-order valence-corrected chi connectivity index (χ1v) is 6.22. The molecule has 0 saturated carbocycles. The summed E-state index contributed by atoms with van der Waals surface area (Å²) in [5, 5.41) is 10.8. The molecule has 1 heterocycles. The van der Waals surface area contributed by atoms with Crippen molar-refractivity contribution in [3.05, 3.63) is 40.8 Å². The summed E-state index contributed by atoms with van der Waals surface area (Å²) >= 11 is 1.63. The number of methoxy groups -OCH3 is 1. The molecule has 2 nitrogen and oxygen atoms in total.